The summed E-state index contributed by atoms with van der Waals surface area (Å²) in [5, 5.41) is -0.481. The molecule has 5 nitrogen and oxygen atoms in total. The first-order valence-corrected chi connectivity index (χ1v) is 9.23. The van der Waals surface area contributed by atoms with Gasteiger partial charge < -0.3 is 0 Å². The first kappa shape index (κ1) is 14.5. The van der Waals surface area contributed by atoms with Crippen LogP contribution >= 0.6 is 0 Å². The van der Waals surface area contributed by atoms with Gasteiger partial charge in [-0.1, -0.05) is 17.7 Å². The molecule has 7 heteroatoms. The summed E-state index contributed by atoms with van der Waals surface area (Å²) in [5.41, 5.74) is 0.958. The molecule has 0 unspecified atom stereocenters. The number of aryl methyl sites for hydroxylation is 1. The predicted octanol–water partition coefficient (Wildman–Crippen LogP) is 1.28. The molecule has 1 aromatic rings. The normalized spacial score (nSPS) is 23.9. The quantitative estimate of drug-likeness (QED) is 0.783. The van der Waals surface area contributed by atoms with E-state index in [1.807, 2.05) is 6.92 Å². The maximum absolute atomic E-state index is 11.9. The molecule has 0 aromatic heterocycles. The van der Waals surface area contributed by atoms with E-state index in [9.17, 15) is 16.8 Å². The number of hydrogen-bond acceptors (Lipinski definition) is 5. The zero-order chi connectivity index (χ0) is 14.3. The Kier molecular flexibility index (Phi) is 3.72. The molecule has 0 aliphatic heterocycles. The third-order valence-corrected chi connectivity index (χ3v) is 6.20. The van der Waals surface area contributed by atoms with Gasteiger partial charge in [0.05, 0.1) is 16.2 Å². The highest BCUT2D eigenvalue weighted by molar-refractivity contribution is 7.91. The van der Waals surface area contributed by atoms with Gasteiger partial charge in [0.2, 0.25) is 0 Å². The van der Waals surface area contributed by atoms with Crippen molar-refractivity contribution in [2.24, 2.45) is 0 Å². The lowest BCUT2D eigenvalue weighted by Crippen LogP contribution is -2.41. The zero-order valence-corrected chi connectivity index (χ0v) is 12.4. The molecule has 1 saturated carbocycles. The minimum Gasteiger partial charge on any atom is -0.263 e. The summed E-state index contributed by atoms with van der Waals surface area (Å²) in [4.78, 5) is 0.0981. The Labute approximate surface area is 113 Å². The van der Waals surface area contributed by atoms with E-state index < -0.39 is 31.3 Å². The van der Waals surface area contributed by atoms with Crippen molar-refractivity contribution in [2.45, 2.75) is 36.0 Å². The third kappa shape index (κ3) is 3.34. The molecule has 0 atom stereocenters. The van der Waals surface area contributed by atoms with Gasteiger partial charge in [-0.2, -0.15) is 8.42 Å². The molecular weight excluding hydrogens is 288 g/mol. The molecule has 0 radical (unpaired) electrons. The van der Waals surface area contributed by atoms with Crippen molar-refractivity contribution in [3.8, 4) is 0 Å². The maximum Gasteiger partial charge on any atom is 0.297 e. The van der Waals surface area contributed by atoms with Crippen LogP contribution in [0.2, 0.25) is 0 Å². The van der Waals surface area contributed by atoms with Gasteiger partial charge in [0, 0.05) is 6.26 Å². The smallest absolute Gasteiger partial charge is 0.263 e. The van der Waals surface area contributed by atoms with Crippen LogP contribution in [0.25, 0.3) is 0 Å². The largest absolute Gasteiger partial charge is 0.297 e. The van der Waals surface area contributed by atoms with Crippen LogP contribution in [0.3, 0.4) is 0 Å². The van der Waals surface area contributed by atoms with E-state index >= 15 is 0 Å². The second-order valence-electron chi connectivity index (χ2n) is 4.91. The first-order chi connectivity index (χ1) is 8.68. The van der Waals surface area contributed by atoms with Crippen LogP contribution in [0.4, 0.5) is 0 Å². The molecule has 1 aromatic carbocycles. The minimum atomic E-state index is -3.80. The van der Waals surface area contributed by atoms with Gasteiger partial charge >= 0.3 is 0 Å². The summed E-state index contributed by atoms with van der Waals surface area (Å²) in [7, 11) is -6.90. The summed E-state index contributed by atoms with van der Waals surface area (Å²) < 4.78 is 51.3. The summed E-state index contributed by atoms with van der Waals surface area (Å²) in [5.74, 6) is 0. The third-order valence-electron chi connectivity index (χ3n) is 3.23. The summed E-state index contributed by atoms with van der Waals surface area (Å²) in [6.45, 7) is 1.86. The Morgan fingerprint density at radius 2 is 1.58 bits per heavy atom. The molecule has 0 N–H and O–H groups in total. The van der Waals surface area contributed by atoms with Crippen LogP contribution in [0, 0.1) is 6.92 Å². The molecular formula is C12H16O5S2. The maximum atomic E-state index is 11.9. The lowest BCUT2D eigenvalue weighted by molar-refractivity contribution is 0.130. The topological polar surface area (TPSA) is 77.5 Å². The molecule has 1 aliphatic carbocycles. The van der Waals surface area contributed by atoms with E-state index in [0.717, 1.165) is 11.8 Å². The Morgan fingerprint density at radius 1 is 1.05 bits per heavy atom. The Hall–Kier alpha value is -0.920. The molecule has 106 valence electrons. The van der Waals surface area contributed by atoms with E-state index in [-0.39, 0.29) is 17.7 Å². The zero-order valence-electron chi connectivity index (χ0n) is 10.7. The highest BCUT2D eigenvalue weighted by Gasteiger charge is 2.39. The Balaban J connectivity index is 2.03. The van der Waals surface area contributed by atoms with Crippen molar-refractivity contribution in [1.29, 1.82) is 0 Å². The van der Waals surface area contributed by atoms with E-state index in [1.54, 1.807) is 12.1 Å². The van der Waals surface area contributed by atoms with E-state index in [0.29, 0.717) is 0 Å². The monoisotopic (exact) mass is 304 g/mol. The van der Waals surface area contributed by atoms with Crippen LogP contribution in [0.5, 0.6) is 0 Å². The van der Waals surface area contributed by atoms with E-state index in [2.05, 4.69) is 0 Å². The van der Waals surface area contributed by atoms with Gasteiger partial charge in [-0.15, -0.1) is 0 Å². The predicted molar refractivity (Wildman–Crippen MR) is 71.1 cm³/mol. The van der Waals surface area contributed by atoms with Crippen molar-refractivity contribution in [3.63, 3.8) is 0 Å². The average molecular weight is 304 g/mol. The van der Waals surface area contributed by atoms with Crippen molar-refractivity contribution in [3.05, 3.63) is 29.8 Å². The van der Waals surface area contributed by atoms with Crippen molar-refractivity contribution in [1.82, 2.24) is 0 Å². The second-order valence-corrected chi connectivity index (χ2v) is 8.81. The SMILES string of the molecule is Cc1ccc(S(=O)(=O)OC2CC(S(C)(=O)=O)C2)cc1. The van der Waals surface area contributed by atoms with Crippen LogP contribution in [-0.4, -0.2) is 34.4 Å². The first-order valence-electron chi connectivity index (χ1n) is 5.87. The fourth-order valence-electron chi connectivity index (χ4n) is 1.89. The number of rotatable bonds is 4. The second kappa shape index (κ2) is 4.88. The lowest BCUT2D eigenvalue weighted by atomic mass is 9.96. The molecule has 19 heavy (non-hydrogen) atoms. The van der Waals surface area contributed by atoms with Crippen LogP contribution in [0.15, 0.2) is 29.2 Å². The molecule has 0 saturated heterocycles. The Bertz CT molecular complexity index is 653. The van der Waals surface area contributed by atoms with E-state index in [4.69, 9.17) is 4.18 Å². The van der Waals surface area contributed by atoms with Gasteiger partial charge in [0.1, 0.15) is 0 Å². The van der Waals surface area contributed by atoms with Crippen molar-refractivity contribution in [2.75, 3.05) is 6.26 Å². The van der Waals surface area contributed by atoms with Gasteiger partial charge in [0.25, 0.3) is 10.1 Å². The van der Waals surface area contributed by atoms with Gasteiger partial charge in [-0.3, -0.25) is 4.18 Å². The van der Waals surface area contributed by atoms with Gasteiger partial charge in [-0.05, 0) is 31.9 Å². The number of hydrogen-bond donors (Lipinski definition) is 0. The molecule has 0 amide bonds. The lowest BCUT2D eigenvalue weighted by Gasteiger charge is -2.32. The average Bonchev–Trinajstić information content (AvgIpc) is 2.22. The summed E-state index contributed by atoms with van der Waals surface area (Å²) in [6, 6.07) is 6.35. The molecule has 0 spiro atoms. The highest BCUT2D eigenvalue weighted by Crippen LogP contribution is 2.31. The van der Waals surface area contributed by atoms with Gasteiger partial charge in [0.15, 0.2) is 9.84 Å². The summed E-state index contributed by atoms with van der Waals surface area (Å²) in [6.07, 6.45) is 1.10. The van der Waals surface area contributed by atoms with E-state index in [1.165, 1.54) is 12.1 Å². The van der Waals surface area contributed by atoms with Crippen LogP contribution < -0.4 is 0 Å². The summed E-state index contributed by atoms with van der Waals surface area (Å²) >= 11 is 0. The van der Waals surface area contributed by atoms with Gasteiger partial charge in [-0.25, -0.2) is 8.42 Å². The highest BCUT2D eigenvalue weighted by atomic mass is 32.2. The van der Waals surface area contributed by atoms with Crippen molar-refractivity contribution >= 4 is 20.0 Å². The van der Waals surface area contributed by atoms with Crippen molar-refractivity contribution < 1.29 is 21.0 Å². The fraction of sp³-hybridized carbons (Fsp3) is 0.500. The molecule has 1 aliphatic rings. The van der Waals surface area contributed by atoms with Crippen LogP contribution in [-0.2, 0) is 24.1 Å². The molecule has 0 bridgehead atoms. The molecule has 2 rings (SSSR count). The molecule has 0 heterocycles. The minimum absolute atomic E-state index is 0.0981. The standard InChI is InChI=1S/C12H16O5S2/c1-9-3-5-11(6-4-9)19(15,16)17-10-7-12(8-10)18(2,13)14/h3-6,10,12H,7-8H2,1-2H3. The Morgan fingerprint density at radius 3 is 2.05 bits per heavy atom. The number of benzene rings is 1. The van der Waals surface area contributed by atoms with Crippen LogP contribution in [0.1, 0.15) is 18.4 Å². The fourth-order valence-corrected chi connectivity index (χ4v) is 4.11. The molecule has 1 fully saturated rings. The number of sulfone groups is 1.